The van der Waals surface area contributed by atoms with Gasteiger partial charge in [-0.3, -0.25) is 9.30 Å². The monoisotopic (exact) mass is 611 g/mol. The molecule has 0 bridgehead atoms. The standard InChI is InChI=1S/C32H45N5O5S/c1-21(2)24-18-33-27-28(37(30(39)42-32(6,7)8)19-22-12-10-11-13-25(22)40-9)34-26(20-36(24)27)43-23-14-16-35(17-15-23)29(38)41-31(3,4)5/h10-13,18,20-21,23H,14-17,19H2,1-9H3. The Morgan fingerprint density at radius 1 is 1.05 bits per heavy atom. The molecular formula is C32H45N5O5S. The van der Waals surface area contributed by atoms with Gasteiger partial charge in [0.2, 0.25) is 0 Å². The van der Waals surface area contributed by atoms with Crippen LogP contribution in [0.15, 0.2) is 41.7 Å². The number of carbonyl (C=O) groups excluding carboxylic acids is 2. The van der Waals surface area contributed by atoms with Gasteiger partial charge < -0.3 is 19.1 Å². The van der Waals surface area contributed by atoms with Crippen LogP contribution in [0.4, 0.5) is 15.4 Å². The number of amides is 2. The Kier molecular flexibility index (Phi) is 9.83. The maximum atomic E-state index is 13.8. The summed E-state index contributed by atoms with van der Waals surface area (Å²) in [6.07, 6.45) is 4.66. The Bertz CT molecular complexity index is 1430. The van der Waals surface area contributed by atoms with E-state index in [0.717, 1.165) is 29.1 Å². The number of nitrogens with zero attached hydrogens (tertiary/aromatic N) is 5. The molecule has 3 aromatic rings. The lowest BCUT2D eigenvalue weighted by molar-refractivity contribution is 0.0219. The van der Waals surface area contributed by atoms with Crippen LogP contribution in [0, 0.1) is 0 Å². The van der Waals surface area contributed by atoms with E-state index in [-0.39, 0.29) is 23.8 Å². The molecule has 3 heterocycles. The number of para-hydroxylation sites is 1. The summed E-state index contributed by atoms with van der Waals surface area (Å²) >= 11 is 1.66. The molecule has 234 valence electrons. The molecule has 1 fully saturated rings. The summed E-state index contributed by atoms with van der Waals surface area (Å²) in [5.74, 6) is 1.29. The molecule has 0 unspecified atom stereocenters. The van der Waals surface area contributed by atoms with Gasteiger partial charge in [-0.1, -0.05) is 32.0 Å². The molecule has 2 aromatic heterocycles. The number of aromatic nitrogens is 3. The minimum Gasteiger partial charge on any atom is -0.496 e. The molecule has 1 saturated heterocycles. The van der Waals surface area contributed by atoms with E-state index in [1.165, 1.54) is 0 Å². The number of carbonyl (C=O) groups is 2. The zero-order chi connectivity index (χ0) is 31.5. The normalized spacial score (nSPS) is 14.7. The lowest BCUT2D eigenvalue weighted by Crippen LogP contribution is -2.42. The van der Waals surface area contributed by atoms with Crippen LogP contribution in [-0.4, -0.2) is 68.1 Å². The largest absolute Gasteiger partial charge is 0.496 e. The third-order valence-electron chi connectivity index (χ3n) is 6.84. The van der Waals surface area contributed by atoms with Crippen LogP contribution >= 0.6 is 11.8 Å². The average molecular weight is 612 g/mol. The smallest absolute Gasteiger partial charge is 0.416 e. The molecule has 0 radical (unpaired) electrons. The topological polar surface area (TPSA) is 98.5 Å². The molecule has 43 heavy (non-hydrogen) atoms. The lowest BCUT2D eigenvalue weighted by Gasteiger charge is -2.33. The van der Waals surface area contributed by atoms with E-state index in [1.807, 2.05) is 82.6 Å². The predicted octanol–water partition coefficient (Wildman–Crippen LogP) is 7.29. The Morgan fingerprint density at radius 3 is 2.30 bits per heavy atom. The summed E-state index contributed by atoms with van der Waals surface area (Å²) in [5.41, 5.74) is 1.18. The third-order valence-corrected chi connectivity index (χ3v) is 8.09. The van der Waals surface area contributed by atoms with Crippen LogP contribution in [0.25, 0.3) is 5.65 Å². The Labute approximate surface area is 259 Å². The van der Waals surface area contributed by atoms with Gasteiger partial charge >= 0.3 is 12.2 Å². The van der Waals surface area contributed by atoms with Crippen molar-refractivity contribution < 1.29 is 23.8 Å². The van der Waals surface area contributed by atoms with E-state index in [0.29, 0.717) is 30.3 Å². The van der Waals surface area contributed by atoms with Crippen LogP contribution in [0.3, 0.4) is 0 Å². The molecule has 0 N–H and O–H groups in total. The van der Waals surface area contributed by atoms with E-state index in [4.69, 9.17) is 24.2 Å². The lowest BCUT2D eigenvalue weighted by atomic mass is 10.1. The maximum absolute atomic E-state index is 13.8. The molecule has 0 aliphatic carbocycles. The first-order valence-corrected chi connectivity index (χ1v) is 15.7. The molecule has 1 aliphatic rings. The van der Waals surface area contributed by atoms with Gasteiger partial charge in [-0.2, -0.15) is 0 Å². The first-order chi connectivity index (χ1) is 20.1. The zero-order valence-electron chi connectivity index (χ0n) is 26.8. The number of hydrogen-bond acceptors (Lipinski definition) is 8. The first-order valence-electron chi connectivity index (χ1n) is 14.8. The highest BCUT2D eigenvalue weighted by Gasteiger charge is 2.31. The van der Waals surface area contributed by atoms with Crippen molar-refractivity contribution in [1.29, 1.82) is 0 Å². The van der Waals surface area contributed by atoms with Gasteiger partial charge in [0.25, 0.3) is 0 Å². The van der Waals surface area contributed by atoms with E-state index >= 15 is 0 Å². The van der Waals surface area contributed by atoms with E-state index in [1.54, 1.807) is 28.7 Å². The summed E-state index contributed by atoms with van der Waals surface area (Å²) in [4.78, 5) is 39.4. The maximum Gasteiger partial charge on any atom is 0.416 e. The van der Waals surface area contributed by atoms with Gasteiger partial charge in [-0.05, 0) is 66.4 Å². The fourth-order valence-electron chi connectivity index (χ4n) is 4.83. The quantitative estimate of drug-likeness (QED) is 0.275. The number of likely N-dealkylation sites (tertiary alicyclic amines) is 1. The molecule has 1 aliphatic heterocycles. The molecule has 10 nitrogen and oxygen atoms in total. The number of methoxy groups -OCH3 is 1. The van der Waals surface area contributed by atoms with Crippen LogP contribution in [0.5, 0.6) is 5.75 Å². The molecule has 4 rings (SSSR count). The van der Waals surface area contributed by atoms with Crippen molar-refractivity contribution in [2.45, 2.75) is 102 Å². The van der Waals surface area contributed by atoms with Crippen LogP contribution < -0.4 is 9.64 Å². The number of fused-ring (bicyclic) bond motifs is 1. The van der Waals surface area contributed by atoms with Crippen LogP contribution in [0.2, 0.25) is 0 Å². The molecule has 11 heteroatoms. The van der Waals surface area contributed by atoms with Crippen molar-refractivity contribution in [1.82, 2.24) is 19.3 Å². The van der Waals surface area contributed by atoms with Gasteiger partial charge in [-0.25, -0.2) is 19.6 Å². The highest BCUT2D eigenvalue weighted by molar-refractivity contribution is 7.99. The SMILES string of the molecule is COc1ccccc1CN(C(=O)OC(C)(C)C)c1nc(SC2CCN(C(=O)OC(C)(C)C)CC2)cn2c(C(C)C)cnc12. The van der Waals surface area contributed by atoms with Crippen molar-refractivity contribution in [3.8, 4) is 5.75 Å². The number of imidazole rings is 1. The Balaban J connectivity index is 1.70. The van der Waals surface area contributed by atoms with Gasteiger partial charge in [0.05, 0.1) is 13.7 Å². The fourth-order valence-corrected chi connectivity index (χ4v) is 5.93. The Morgan fingerprint density at radius 2 is 1.70 bits per heavy atom. The van der Waals surface area contributed by atoms with Gasteiger partial charge in [0, 0.05) is 42.0 Å². The van der Waals surface area contributed by atoms with Gasteiger partial charge in [-0.15, -0.1) is 11.8 Å². The number of thioether (sulfide) groups is 1. The summed E-state index contributed by atoms with van der Waals surface area (Å²) in [6, 6.07) is 7.60. The minimum atomic E-state index is -0.709. The third kappa shape index (κ3) is 8.34. The number of anilines is 1. The van der Waals surface area contributed by atoms with Crippen molar-refractivity contribution in [3.63, 3.8) is 0 Å². The first kappa shape index (κ1) is 32.4. The molecule has 0 saturated carbocycles. The molecule has 0 atom stereocenters. The van der Waals surface area contributed by atoms with Crippen molar-refractivity contribution in [2.24, 2.45) is 0 Å². The van der Waals surface area contributed by atoms with Crippen molar-refractivity contribution in [3.05, 3.63) is 47.9 Å². The van der Waals surface area contributed by atoms with Crippen LogP contribution in [0.1, 0.15) is 85.4 Å². The summed E-state index contributed by atoms with van der Waals surface area (Å²) < 4.78 is 19.1. The van der Waals surface area contributed by atoms with Crippen molar-refractivity contribution in [2.75, 3.05) is 25.1 Å². The second-order valence-electron chi connectivity index (χ2n) is 13.1. The molecule has 0 spiro atoms. The van der Waals surface area contributed by atoms with Crippen LogP contribution in [-0.2, 0) is 16.0 Å². The molecule has 2 amide bonds. The second kappa shape index (κ2) is 13.0. The van der Waals surface area contributed by atoms with E-state index in [2.05, 4.69) is 13.8 Å². The summed E-state index contributed by atoms with van der Waals surface area (Å²) in [7, 11) is 1.61. The molecule has 1 aromatic carbocycles. The Hall–Kier alpha value is -3.47. The predicted molar refractivity (Wildman–Crippen MR) is 169 cm³/mol. The number of benzene rings is 1. The van der Waals surface area contributed by atoms with Gasteiger partial charge in [0.15, 0.2) is 11.5 Å². The number of piperidine rings is 1. The summed E-state index contributed by atoms with van der Waals surface area (Å²) in [6.45, 7) is 16.8. The second-order valence-corrected chi connectivity index (χ2v) is 14.4. The average Bonchev–Trinajstić information content (AvgIpc) is 3.34. The number of rotatable bonds is 7. The number of hydrogen-bond donors (Lipinski definition) is 0. The highest BCUT2D eigenvalue weighted by Crippen LogP contribution is 2.35. The minimum absolute atomic E-state index is 0.188. The molecular weight excluding hydrogens is 566 g/mol. The highest BCUT2D eigenvalue weighted by atomic mass is 32.2. The van der Waals surface area contributed by atoms with E-state index < -0.39 is 17.3 Å². The summed E-state index contributed by atoms with van der Waals surface area (Å²) in [5, 5.41) is 1.01. The zero-order valence-corrected chi connectivity index (χ0v) is 27.7. The van der Waals surface area contributed by atoms with Crippen molar-refractivity contribution >= 4 is 35.4 Å². The van der Waals surface area contributed by atoms with E-state index in [9.17, 15) is 9.59 Å². The van der Waals surface area contributed by atoms with Gasteiger partial charge in [0.1, 0.15) is 22.0 Å². The number of ether oxygens (including phenoxy) is 3. The fraction of sp³-hybridized carbons (Fsp3) is 0.562.